The van der Waals surface area contributed by atoms with Gasteiger partial charge in [0.15, 0.2) is 0 Å². The molecule has 2 aromatic carbocycles. The standard InChI is InChI=1S/C25H26N2O2/c1-27-16-23-20(11-6-12-22(23)25(27)28)19-9-4-5-10-21(19)24-14-13-18(29-24)15-26-17-7-2-3-8-17/h4-6,9-14,17,26H,2-3,7-8,15-16H2,1H3. The normalized spacial score (nSPS) is 16.6. The highest BCUT2D eigenvalue weighted by Gasteiger charge is 2.27. The van der Waals surface area contributed by atoms with E-state index < -0.39 is 0 Å². The first-order valence-corrected chi connectivity index (χ1v) is 10.5. The first kappa shape index (κ1) is 18.2. The lowest BCUT2D eigenvalue weighted by Gasteiger charge is -2.12. The molecule has 0 bridgehead atoms. The largest absolute Gasteiger partial charge is 0.460 e. The second-order valence-corrected chi connectivity index (χ2v) is 8.17. The third kappa shape index (κ3) is 3.38. The predicted molar refractivity (Wildman–Crippen MR) is 114 cm³/mol. The minimum atomic E-state index is 0.0950. The first-order valence-electron chi connectivity index (χ1n) is 10.5. The van der Waals surface area contributed by atoms with Crippen LogP contribution in [0.15, 0.2) is 59.0 Å². The molecule has 1 saturated carbocycles. The molecule has 0 radical (unpaired) electrons. The molecule has 1 aliphatic carbocycles. The van der Waals surface area contributed by atoms with E-state index in [4.69, 9.17) is 4.42 Å². The Morgan fingerprint density at radius 1 is 0.931 bits per heavy atom. The highest BCUT2D eigenvalue weighted by Crippen LogP contribution is 2.38. The number of benzene rings is 2. The molecule has 0 saturated heterocycles. The minimum Gasteiger partial charge on any atom is -0.460 e. The fourth-order valence-corrected chi connectivity index (χ4v) is 4.65. The van der Waals surface area contributed by atoms with Crippen molar-refractivity contribution >= 4 is 5.91 Å². The number of carbonyl (C=O) groups excluding carboxylic acids is 1. The third-order valence-electron chi connectivity index (χ3n) is 6.21. The molecule has 0 atom stereocenters. The fraction of sp³-hybridized carbons (Fsp3) is 0.320. The van der Waals surface area contributed by atoms with Gasteiger partial charge in [0.1, 0.15) is 11.5 Å². The van der Waals surface area contributed by atoms with Crippen LogP contribution in [0, 0.1) is 0 Å². The van der Waals surface area contributed by atoms with Gasteiger partial charge in [-0.3, -0.25) is 4.79 Å². The highest BCUT2D eigenvalue weighted by atomic mass is 16.3. The van der Waals surface area contributed by atoms with Crippen LogP contribution >= 0.6 is 0 Å². The van der Waals surface area contributed by atoms with Crippen LogP contribution in [0.25, 0.3) is 22.5 Å². The quantitative estimate of drug-likeness (QED) is 0.653. The molecular weight excluding hydrogens is 360 g/mol. The molecule has 4 nitrogen and oxygen atoms in total. The van der Waals surface area contributed by atoms with E-state index in [1.54, 1.807) is 4.90 Å². The Morgan fingerprint density at radius 3 is 2.48 bits per heavy atom. The minimum absolute atomic E-state index is 0.0950. The number of nitrogens with one attached hydrogen (secondary N) is 1. The van der Waals surface area contributed by atoms with Crippen molar-refractivity contribution in [2.24, 2.45) is 0 Å². The van der Waals surface area contributed by atoms with E-state index >= 15 is 0 Å². The van der Waals surface area contributed by atoms with E-state index in [1.807, 2.05) is 31.3 Å². The van der Waals surface area contributed by atoms with Crippen molar-refractivity contribution in [1.82, 2.24) is 10.2 Å². The SMILES string of the molecule is CN1Cc2c(cccc2-c2ccccc2-c2ccc(CNC3CCCC3)o2)C1=O. The number of hydrogen-bond acceptors (Lipinski definition) is 3. The summed E-state index contributed by atoms with van der Waals surface area (Å²) >= 11 is 0. The molecule has 0 unspecified atom stereocenters. The van der Waals surface area contributed by atoms with Gasteiger partial charge in [-0.25, -0.2) is 0 Å². The van der Waals surface area contributed by atoms with Gasteiger partial charge < -0.3 is 14.6 Å². The summed E-state index contributed by atoms with van der Waals surface area (Å²) in [6.07, 6.45) is 5.19. The Labute approximate surface area is 171 Å². The molecule has 2 heterocycles. The summed E-state index contributed by atoms with van der Waals surface area (Å²) in [6, 6.07) is 19.1. The topological polar surface area (TPSA) is 45.5 Å². The summed E-state index contributed by atoms with van der Waals surface area (Å²) in [7, 11) is 1.86. The van der Waals surface area contributed by atoms with Crippen molar-refractivity contribution in [2.75, 3.05) is 7.05 Å². The molecular formula is C25H26N2O2. The smallest absolute Gasteiger partial charge is 0.254 e. The Kier molecular flexibility index (Phi) is 4.72. The van der Waals surface area contributed by atoms with Crippen molar-refractivity contribution in [2.45, 2.75) is 44.8 Å². The molecule has 4 heteroatoms. The molecule has 2 aliphatic rings. The molecule has 1 amide bonds. The summed E-state index contributed by atoms with van der Waals surface area (Å²) in [4.78, 5) is 14.2. The first-order chi connectivity index (χ1) is 14.2. The number of fused-ring (bicyclic) bond motifs is 1. The second-order valence-electron chi connectivity index (χ2n) is 8.17. The summed E-state index contributed by atoms with van der Waals surface area (Å²) in [5, 5.41) is 3.62. The molecule has 3 aromatic rings. The van der Waals surface area contributed by atoms with E-state index in [9.17, 15) is 4.79 Å². The van der Waals surface area contributed by atoms with Crippen LogP contribution in [0.4, 0.5) is 0 Å². The molecule has 29 heavy (non-hydrogen) atoms. The van der Waals surface area contributed by atoms with Crippen LogP contribution in [0.1, 0.15) is 47.4 Å². The molecule has 1 aliphatic heterocycles. The molecule has 5 rings (SSSR count). The lowest BCUT2D eigenvalue weighted by Crippen LogP contribution is -2.24. The number of rotatable bonds is 5. The molecule has 1 fully saturated rings. The van der Waals surface area contributed by atoms with Crippen molar-refractivity contribution in [3.05, 3.63) is 71.5 Å². The number of hydrogen-bond donors (Lipinski definition) is 1. The van der Waals surface area contributed by atoms with Gasteiger partial charge in [0, 0.05) is 30.8 Å². The van der Waals surface area contributed by atoms with Crippen molar-refractivity contribution < 1.29 is 9.21 Å². The van der Waals surface area contributed by atoms with E-state index in [-0.39, 0.29) is 5.91 Å². The Bertz CT molecular complexity index is 1050. The Morgan fingerprint density at radius 2 is 1.66 bits per heavy atom. The Hall–Kier alpha value is -2.85. The van der Waals surface area contributed by atoms with Crippen LogP contribution in [-0.4, -0.2) is 23.9 Å². The van der Waals surface area contributed by atoms with Gasteiger partial charge in [-0.05, 0) is 47.7 Å². The lowest BCUT2D eigenvalue weighted by molar-refractivity contribution is 0.0816. The zero-order valence-electron chi connectivity index (χ0n) is 16.8. The van der Waals surface area contributed by atoms with Crippen LogP contribution in [0.3, 0.4) is 0 Å². The van der Waals surface area contributed by atoms with E-state index in [0.717, 1.165) is 45.9 Å². The number of amides is 1. The molecule has 1 aromatic heterocycles. The summed E-state index contributed by atoms with van der Waals surface area (Å²) in [6.45, 7) is 1.42. The average molecular weight is 386 g/mol. The second kappa shape index (κ2) is 7.53. The van der Waals surface area contributed by atoms with Crippen LogP contribution in [0.2, 0.25) is 0 Å². The summed E-state index contributed by atoms with van der Waals surface area (Å²) < 4.78 is 6.21. The zero-order valence-corrected chi connectivity index (χ0v) is 16.8. The van der Waals surface area contributed by atoms with Crippen LogP contribution in [0.5, 0.6) is 0 Å². The van der Waals surface area contributed by atoms with Crippen LogP contribution in [-0.2, 0) is 13.1 Å². The number of nitrogens with zero attached hydrogens (tertiary/aromatic N) is 1. The van der Waals surface area contributed by atoms with E-state index in [1.165, 1.54) is 25.7 Å². The van der Waals surface area contributed by atoms with E-state index in [2.05, 4.69) is 35.6 Å². The van der Waals surface area contributed by atoms with Gasteiger partial charge in [0.25, 0.3) is 5.91 Å². The summed E-state index contributed by atoms with van der Waals surface area (Å²) in [5.41, 5.74) is 5.19. The summed E-state index contributed by atoms with van der Waals surface area (Å²) in [5.74, 6) is 1.94. The van der Waals surface area contributed by atoms with Gasteiger partial charge in [-0.15, -0.1) is 0 Å². The maximum absolute atomic E-state index is 12.4. The Balaban J connectivity index is 1.46. The third-order valence-corrected chi connectivity index (χ3v) is 6.21. The predicted octanol–water partition coefficient (Wildman–Crippen LogP) is 5.23. The lowest BCUT2D eigenvalue weighted by atomic mass is 9.92. The van der Waals surface area contributed by atoms with Gasteiger partial charge in [0.05, 0.1) is 6.54 Å². The maximum atomic E-state index is 12.4. The fourth-order valence-electron chi connectivity index (χ4n) is 4.65. The number of furan rings is 1. The average Bonchev–Trinajstić information content (AvgIpc) is 3.48. The van der Waals surface area contributed by atoms with Gasteiger partial charge >= 0.3 is 0 Å². The van der Waals surface area contributed by atoms with Gasteiger partial charge in [0.2, 0.25) is 0 Å². The van der Waals surface area contributed by atoms with Crippen LogP contribution < -0.4 is 5.32 Å². The highest BCUT2D eigenvalue weighted by molar-refractivity contribution is 6.01. The zero-order chi connectivity index (χ0) is 19.8. The van der Waals surface area contributed by atoms with Crippen molar-refractivity contribution in [1.29, 1.82) is 0 Å². The van der Waals surface area contributed by atoms with Crippen molar-refractivity contribution in [3.63, 3.8) is 0 Å². The number of carbonyl (C=O) groups is 1. The molecule has 148 valence electrons. The monoisotopic (exact) mass is 386 g/mol. The van der Waals surface area contributed by atoms with Gasteiger partial charge in [-0.2, -0.15) is 0 Å². The van der Waals surface area contributed by atoms with Crippen molar-refractivity contribution in [3.8, 4) is 22.5 Å². The molecule has 1 N–H and O–H groups in total. The van der Waals surface area contributed by atoms with Gasteiger partial charge in [-0.1, -0.05) is 49.2 Å². The van der Waals surface area contributed by atoms with E-state index in [0.29, 0.717) is 12.6 Å². The maximum Gasteiger partial charge on any atom is 0.254 e. The molecule has 0 spiro atoms.